The Morgan fingerprint density at radius 3 is 2.57 bits per heavy atom. The van der Waals surface area contributed by atoms with Crippen LogP contribution in [-0.4, -0.2) is 39.5 Å². The smallest absolute Gasteiger partial charge is 0.0852 e. The molecule has 3 unspecified atom stereocenters. The number of alkyl halides is 1. The molecule has 0 saturated carbocycles. The van der Waals surface area contributed by atoms with Crippen LogP contribution in [0, 0.1) is 0 Å². The third kappa shape index (κ3) is 2.23. The molecule has 0 radical (unpaired) electrons. The maximum Gasteiger partial charge on any atom is 0.0852 e. The van der Waals surface area contributed by atoms with Gasteiger partial charge in [-0.3, -0.25) is 9.88 Å². The molecule has 76 valence electrons. The molecule has 0 spiro atoms. The van der Waals surface area contributed by atoms with Crippen LogP contribution in [0.4, 0.5) is 0 Å². The Labute approximate surface area is 88.3 Å². The zero-order valence-corrected chi connectivity index (χ0v) is 8.56. The van der Waals surface area contributed by atoms with E-state index in [0.29, 0.717) is 11.1 Å². The van der Waals surface area contributed by atoms with Crippen molar-refractivity contribution in [3.05, 3.63) is 30.1 Å². The molecule has 14 heavy (non-hydrogen) atoms. The van der Waals surface area contributed by atoms with Gasteiger partial charge in [0.05, 0.1) is 17.7 Å². The van der Waals surface area contributed by atoms with Gasteiger partial charge in [-0.1, -0.05) is 6.07 Å². The molecule has 1 aromatic rings. The van der Waals surface area contributed by atoms with Crippen molar-refractivity contribution in [2.45, 2.75) is 18.0 Å². The van der Waals surface area contributed by atoms with Crippen LogP contribution >= 0.6 is 11.6 Å². The number of aliphatic hydroxyl groups excluding tert-OH is 1. The fraction of sp³-hybridized carbons (Fsp3) is 0.500. The lowest BCUT2D eigenvalue weighted by molar-refractivity contribution is 0.277. The number of halogens is 1. The van der Waals surface area contributed by atoms with Crippen molar-refractivity contribution < 1.29 is 5.11 Å². The van der Waals surface area contributed by atoms with Crippen molar-refractivity contribution in [2.24, 2.45) is 0 Å². The average molecular weight is 213 g/mol. The molecular formula is C10H13ClN2O. The van der Waals surface area contributed by atoms with Gasteiger partial charge in [0.2, 0.25) is 0 Å². The Morgan fingerprint density at radius 2 is 2.36 bits per heavy atom. The van der Waals surface area contributed by atoms with E-state index in [9.17, 15) is 0 Å². The largest absolute Gasteiger partial charge is 0.390 e. The number of hydrogen-bond donors (Lipinski definition) is 1. The average Bonchev–Trinajstić information content (AvgIpc) is 2.92. The first kappa shape index (κ1) is 9.90. The zero-order valence-electron chi connectivity index (χ0n) is 7.81. The van der Waals surface area contributed by atoms with E-state index in [-0.39, 0.29) is 6.61 Å². The Morgan fingerprint density at radius 1 is 1.50 bits per heavy atom. The maximum atomic E-state index is 8.48. The van der Waals surface area contributed by atoms with Gasteiger partial charge in [-0.25, -0.2) is 0 Å². The molecule has 0 aliphatic carbocycles. The Hall–Kier alpha value is -0.640. The highest BCUT2D eigenvalue weighted by Crippen LogP contribution is 2.35. The first-order chi connectivity index (χ1) is 6.81. The third-order valence-corrected chi connectivity index (χ3v) is 2.90. The monoisotopic (exact) mass is 212 g/mol. The van der Waals surface area contributed by atoms with Gasteiger partial charge in [0.1, 0.15) is 0 Å². The molecule has 3 nitrogen and oxygen atoms in total. The number of rotatable bonds is 1. The first-order valence-corrected chi connectivity index (χ1v) is 5.14. The van der Waals surface area contributed by atoms with E-state index in [0.717, 1.165) is 12.6 Å². The van der Waals surface area contributed by atoms with Gasteiger partial charge in [0.25, 0.3) is 0 Å². The summed E-state index contributed by atoms with van der Waals surface area (Å²) in [5, 5.41) is 8.98. The fourth-order valence-corrected chi connectivity index (χ4v) is 1.86. The lowest BCUT2D eigenvalue weighted by Crippen LogP contribution is -2.32. The fourth-order valence-electron chi connectivity index (χ4n) is 1.45. The zero-order chi connectivity index (χ0) is 9.97. The molecule has 3 rings (SSSR count). The molecule has 1 aromatic heterocycles. The van der Waals surface area contributed by atoms with E-state index in [1.165, 1.54) is 6.54 Å². The van der Waals surface area contributed by atoms with Crippen LogP contribution in [0.3, 0.4) is 0 Å². The lowest BCUT2D eigenvalue weighted by Gasteiger charge is -2.18. The molecule has 2 fully saturated rings. The van der Waals surface area contributed by atoms with Gasteiger partial charge in [-0.15, -0.1) is 11.6 Å². The molecule has 0 aromatic carbocycles. The number of pyridine rings is 1. The van der Waals surface area contributed by atoms with Crippen LogP contribution < -0.4 is 0 Å². The van der Waals surface area contributed by atoms with Gasteiger partial charge in [-0.05, 0) is 12.1 Å². The second kappa shape index (κ2) is 4.26. The van der Waals surface area contributed by atoms with Gasteiger partial charge in [0.15, 0.2) is 0 Å². The van der Waals surface area contributed by atoms with E-state index in [1.807, 2.05) is 12.1 Å². The normalized spacial score (nSPS) is 32.0. The molecule has 2 aliphatic heterocycles. The Balaban J connectivity index is 0.000000110. The topological polar surface area (TPSA) is 36.1 Å². The van der Waals surface area contributed by atoms with Crippen molar-refractivity contribution in [1.82, 2.24) is 9.88 Å². The maximum absolute atomic E-state index is 8.48. The van der Waals surface area contributed by atoms with Crippen molar-refractivity contribution in [2.75, 3.05) is 13.1 Å². The van der Waals surface area contributed by atoms with Crippen molar-refractivity contribution >= 4 is 11.6 Å². The number of fused-ring (bicyclic) bond motifs is 1. The number of hydrogen-bond acceptors (Lipinski definition) is 3. The van der Waals surface area contributed by atoms with Crippen LogP contribution in [0.1, 0.15) is 5.69 Å². The molecule has 3 atom stereocenters. The van der Waals surface area contributed by atoms with Gasteiger partial charge >= 0.3 is 0 Å². The summed E-state index contributed by atoms with van der Waals surface area (Å²) in [5.41, 5.74) is 0.715. The van der Waals surface area contributed by atoms with Crippen LogP contribution in [0.25, 0.3) is 0 Å². The third-order valence-electron chi connectivity index (χ3n) is 2.47. The highest BCUT2D eigenvalue weighted by atomic mass is 35.5. The molecule has 1 N–H and O–H groups in total. The van der Waals surface area contributed by atoms with E-state index >= 15 is 0 Å². The van der Waals surface area contributed by atoms with Crippen LogP contribution in [0.15, 0.2) is 24.4 Å². The second-order valence-electron chi connectivity index (χ2n) is 3.52. The molecule has 0 amide bonds. The van der Waals surface area contributed by atoms with Gasteiger partial charge in [-0.2, -0.15) is 0 Å². The molecule has 4 heteroatoms. The van der Waals surface area contributed by atoms with Gasteiger partial charge in [0, 0.05) is 25.3 Å². The summed E-state index contributed by atoms with van der Waals surface area (Å²) in [6, 6.07) is 6.24. The summed E-state index contributed by atoms with van der Waals surface area (Å²) in [6.45, 7) is 2.45. The molecular weight excluding hydrogens is 200 g/mol. The van der Waals surface area contributed by atoms with Crippen molar-refractivity contribution in [1.29, 1.82) is 0 Å². The van der Waals surface area contributed by atoms with Crippen LogP contribution in [0.2, 0.25) is 0 Å². The summed E-state index contributed by atoms with van der Waals surface area (Å²) >= 11 is 5.70. The minimum Gasteiger partial charge on any atom is -0.390 e. The van der Waals surface area contributed by atoms with E-state index in [2.05, 4.69) is 9.88 Å². The highest BCUT2D eigenvalue weighted by molar-refractivity contribution is 6.22. The van der Waals surface area contributed by atoms with Crippen molar-refractivity contribution in [3.8, 4) is 0 Å². The summed E-state index contributed by atoms with van der Waals surface area (Å²) < 4.78 is 0. The van der Waals surface area contributed by atoms with E-state index < -0.39 is 0 Å². The summed E-state index contributed by atoms with van der Waals surface area (Å²) in [5.74, 6) is 0. The minimum atomic E-state index is 0.0286. The molecule has 3 heterocycles. The Kier molecular flexibility index (Phi) is 3.01. The van der Waals surface area contributed by atoms with Crippen LogP contribution in [-0.2, 0) is 6.61 Å². The number of aliphatic hydroxyl groups is 1. The summed E-state index contributed by atoms with van der Waals surface area (Å²) in [7, 11) is 0. The second-order valence-corrected chi connectivity index (χ2v) is 4.08. The predicted octanol–water partition coefficient (Wildman–Crippen LogP) is 0.866. The van der Waals surface area contributed by atoms with E-state index in [1.54, 1.807) is 12.3 Å². The minimum absolute atomic E-state index is 0.0286. The SMILES string of the molecule is ClC1CN2CC12.OCc1ccccn1. The number of aromatic nitrogens is 1. The van der Waals surface area contributed by atoms with Crippen LogP contribution in [0.5, 0.6) is 0 Å². The van der Waals surface area contributed by atoms with Crippen molar-refractivity contribution in [3.63, 3.8) is 0 Å². The predicted molar refractivity (Wildman–Crippen MR) is 55.2 cm³/mol. The number of nitrogens with zero attached hydrogens (tertiary/aromatic N) is 2. The molecule has 0 bridgehead atoms. The molecule has 2 saturated heterocycles. The summed E-state index contributed by atoms with van der Waals surface area (Å²) in [6.07, 6.45) is 1.66. The molecule has 2 aliphatic rings. The van der Waals surface area contributed by atoms with E-state index in [4.69, 9.17) is 16.7 Å². The highest BCUT2D eigenvalue weighted by Gasteiger charge is 2.50. The van der Waals surface area contributed by atoms with Gasteiger partial charge < -0.3 is 5.11 Å². The Bertz CT molecular complexity index is 293. The standard InChI is InChI=1S/C6H7NO.C4H6ClN/c8-5-6-3-1-2-4-7-6;5-3-1-6-2-4(3)6/h1-4,8H,5H2;3-4H,1-2H2. The lowest BCUT2D eigenvalue weighted by atomic mass is 10.2. The summed E-state index contributed by atoms with van der Waals surface area (Å²) in [4.78, 5) is 6.21. The first-order valence-electron chi connectivity index (χ1n) is 4.70. The quantitative estimate of drug-likeness (QED) is 0.554.